The van der Waals surface area contributed by atoms with E-state index in [2.05, 4.69) is 17.1 Å². The Balaban J connectivity index is 1.91. The first-order valence-corrected chi connectivity index (χ1v) is 7.31. The van der Waals surface area contributed by atoms with Gasteiger partial charge in [0.05, 0.1) is 0 Å². The fourth-order valence-corrected chi connectivity index (χ4v) is 2.53. The van der Waals surface area contributed by atoms with Crippen molar-refractivity contribution in [1.82, 2.24) is 10.2 Å². The number of hydrogen-bond acceptors (Lipinski definition) is 3. The van der Waals surface area contributed by atoms with Crippen LogP contribution in [0.25, 0.3) is 0 Å². The molecule has 102 valence electrons. The Morgan fingerprint density at radius 2 is 1.94 bits per heavy atom. The summed E-state index contributed by atoms with van der Waals surface area (Å²) in [7, 11) is 1.78. The van der Waals surface area contributed by atoms with Gasteiger partial charge in [0.1, 0.15) is 0 Å². The highest BCUT2D eigenvalue weighted by molar-refractivity contribution is 4.76. The van der Waals surface area contributed by atoms with E-state index in [-0.39, 0.29) is 0 Å². The quantitative estimate of drug-likeness (QED) is 0.628. The van der Waals surface area contributed by atoms with Crippen molar-refractivity contribution in [2.24, 2.45) is 0 Å². The summed E-state index contributed by atoms with van der Waals surface area (Å²) in [5.41, 5.74) is 0. The monoisotopic (exact) mass is 242 g/mol. The molecule has 1 rings (SSSR count). The smallest absolute Gasteiger partial charge is 0.0462 e. The molecule has 0 amide bonds. The molecule has 1 aliphatic heterocycles. The first kappa shape index (κ1) is 14.9. The number of hydrogen-bond donors (Lipinski definition) is 1. The molecule has 17 heavy (non-hydrogen) atoms. The highest BCUT2D eigenvalue weighted by Gasteiger charge is 2.17. The highest BCUT2D eigenvalue weighted by atomic mass is 16.5. The molecule has 1 aliphatic rings. The molecule has 0 unspecified atom stereocenters. The maximum Gasteiger partial charge on any atom is 0.0462 e. The Hall–Kier alpha value is -0.120. The minimum absolute atomic E-state index is 0.769. The van der Waals surface area contributed by atoms with Crippen LogP contribution in [0.15, 0.2) is 0 Å². The summed E-state index contributed by atoms with van der Waals surface area (Å²) in [6.45, 7) is 8.22. The third-order valence-electron chi connectivity index (χ3n) is 3.59. The van der Waals surface area contributed by atoms with Crippen molar-refractivity contribution in [2.45, 2.75) is 51.5 Å². The predicted molar refractivity (Wildman–Crippen MR) is 73.5 cm³/mol. The van der Waals surface area contributed by atoms with Crippen molar-refractivity contribution in [3.05, 3.63) is 0 Å². The van der Waals surface area contributed by atoms with Gasteiger partial charge >= 0.3 is 0 Å². The largest absolute Gasteiger partial charge is 0.385 e. The number of nitrogens with one attached hydrogen (secondary N) is 1. The summed E-state index contributed by atoms with van der Waals surface area (Å²) in [4.78, 5) is 2.59. The van der Waals surface area contributed by atoms with E-state index in [1.807, 2.05) is 0 Å². The molecule has 1 N–H and O–H groups in total. The SMILES string of the molecule is CCCN1CCC(NCCCCCOC)CC1. The van der Waals surface area contributed by atoms with E-state index in [1.54, 1.807) is 7.11 Å². The average molecular weight is 242 g/mol. The van der Waals surface area contributed by atoms with Crippen molar-refractivity contribution in [3.8, 4) is 0 Å². The van der Waals surface area contributed by atoms with Gasteiger partial charge in [0.25, 0.3) is 0 Å². The van der Waals surface area contributed by atoms with Crippen LogP contribution in [-0.4, -0.2) is 50.8 Å². The minimum Gasteiger partial charge on any atom is -0.385 e. The molecule has 0 atom stereocenters. The summed E-state index contributed by atoms with van der Waals surface area (Å²) in [6.07, 6.45) is 7.73. The summed E-state index contributed by atoms with van der Waals surface area (Å²) in [6, 6.07) is 0.769. The molecule has 0 aromatic heterocycles. The van der Waals surface area contributed by atoms with E-state index < -0.39 is 0 Å². The lowest BCUT2D eigenvalue weighted by molar-refractivity contribution is 0.189. The van der Waals surface area contributed by atoms with Gasteiger partial charge in [-0.05, 0) is 64.7 Å². The topological polar surface area (TPSA) is 24.5 Å². The second-order valence-corrected chi connectivity index (χ2v) is 5.12. The van der Waals surface area contributed by atoms with E-state index in [9.17, 15) is 0 Å². The van der Waals surface area contributed by atoms with Gasteiger partial charge in [0, 0.05) is 19.8 Å². The molecule has 1 saturated heterocycles. The third kappa shape index (κ3) is 7.02. The van der Waals surface area contributed by atoms with Gasteiger partial charge in [-0.2, -0.15) is 0 Å². The van der Waals surface area contributed by atoms with Gasteiger partial charge in [-0.15, -0.1) is 0 Å². The Kier molecular flexibility index (Phi) is 8.67. The Morgan fingerprint density at radius 3 is 2.59 bits per heavy atom. The van der Waals surface area contributed by atoms with Gasteiger partial charge in [-0.3, -0.25) is 0 Å². The van der Waals surface area contributed by atoms with Gasteiger partial charge < -0.3 is 15.0 Å². The molecule has 0 saturated carbocycles. The maximum atomic E-state index is 5.05. The van der Waals surface area contributed by atoms with E-state index in [0.29, 0.717) is 0 Å². The average Bonchev–Trinajstić information content (AvgIpc) is 2.36. The summed E-state index contributed by atoms with van der Waals surface area (Å²) < 4.78 is 5.05. The third-order valence-corrected chi connectivity index (χ3v) is 3.59. The van der Waals surface area contributed by atoms with Crippen molar-refractivity contribution in [3.63, 3.8) is 0 Å². The Bertz CT molecular complexity index is 168. The molecular formula is C14H30N2O. The molecular weight excluding hydrogens is 212 g/mol. The van der Waals surface area contributed by atoms with Crippen molar-refractivity contribution in [2.75, 3.05) is 39.9 Å². The number of likely N-dealkylation sites (tertiary alicyclic amines) is 1. The van der Waals surface area contributed by atoms with Gasteiger partial charge in [-0.1, -0.05) is 6.92 Å². The van der Waals surface area contributed by atoms with Crippen molar-refractivity contribution < 1.29 is 4.74 Å². The van der Waals surface area contributed by atoms with Gasteiger partial charge in [0.2, 0.25) is 0 Å². The zero-order valence-electron chi connectivity index (χ0n) is 11.7. The molecule has 0 spiro atoms. The molecule has 0 aromatic carbocycles. The second kappa shape index (κ2) is 9.86. The lowest BCUT2D eigenvalue weighted by Gasteiger charge is -2.32. The standard InChI is InChI=1S/C14H30N2O/c1-3-10-16-11-7-14(8-12-16)15-9-5-4-6-13-17-2/h14-15H,3-13H2,1-2H3. The van der Waals surface area contributed by atoms with Crippen LogP contribution in [-0.2, 0) is 4.74 Å². The number of ether oxygens (including phenoxy) is 1. The molecule has 0 aromatic rings. The Labute approximate surface area is 107 Å². The van der Waals surface area contributed by atoms with Crippen LogP contribution in [0.3, 0.4) is 0 Å². The van der Waals surface area contributed by atoms with E-state index in [4.69, 9.17) is 4.74 Å². The first-order chi connectivity index (χ1) is 8.36. The van der Waals surface area contributed by atoms with Crippen LogP contribution in [0, 0.1) is 0 Å². The fraction of sp³-hybridized carbons (Fsp3) is 1.00. The normalized spacial score (nSPS) is 18.7. The Morgan fingerprint density at radius 1 is 1.18 bits per heavy atom. The molecule has 0 bridgehead atoms. The van der Waals surface area contributed by atoms with Crippen molar-refractivity contribution in [1.29, 1.82) is 0 Å². The lowest BCUT2D eigenvalue weighted by Crippen LogP contribution is -2.42. The van der Waals surface area contributed by atoms with Crippen LogP contribution in [0.2, 0.25) is 0 Å². The number of unbranched alkanes of at least 4 members (excludes halogenated alkanes) is 2. The zero-order chi connectivity index (χ0) is 12.3. The van der Waals surface area contributed by atoms with E-state index in [1.165, 1.54) is 64.7 Å². The summed E-state index contributed by atoms with van der Waals surface area (Å²) in [5, 5.41) is 3.69. The predicted octanol–water partition coefficient (Wildman–Crippen LogP) is 2.27. The number of nitrogens with zero attached hydrogens (tertiary/aromatic N) is 1. The van der Waals surface area contributed by atoms with E-state index in [0.717, 1.165) is 12.6 Å². The van der Waals surface area contributed by atoms with Crippen LogP contribution < -0.4 is 5.32 Å². The summed E-state index contributed by atoms with van der Waals surface area (Å²) >= 11 is 0. The molecule has 1 heterocycles. The second-order valence-electron chi connectivity index (χ2n) is 5.12. The highest BCUT2D eigenvalue weighted by Crippen LogP contribution is 2.10. The minimum atomic E-state index is 0.769. The van der Waals surface area contributed by atoms with E-state index >= 15 is 0 Å². The maximum absolute atomic E-state index is 5.05. The van der Waals surface area contributed by atoms with Crippen molar-refractivity contribution >= 4 is 0 Å². The lowest BCUT2D eigenvalue weighted by atomic mass is 10.0. The van der Waals surface area contributed by atoms with Crippen LogP contribution >= 0.6 is 0 Å². The number of methoxy groups -OCH3 is 1. The summed E-state index contributed by atoms with van der Waals surface area (Å²) in [5.74, 6) is 0. The van der Waals surface area contributed by atoms with Gasteiger partial charge in [0.15, 0.2) is 0 Å². The molecule has 3 heteroatoms. The van der Waals surface area contributed by atoms with Crippen LogP contribution in [0.5, 0.6) is 0 Å². The fourth-order valence-electron chi connectivity index (χ4n) is 2.53. The number of piperidine rings is 1. The van der Waals surface area contributed by atoms with Crippen LogP contribution in [0.1, 0.15) is 45.4 Å². The van der Waals surface area contributed by atoms with Crippen LogP contribution in [0.4, 0.5) is 0 Å². The van der Waals surface area contributed by atoms with Gasteiger partial charge in [-0.25, -0.2) is 0 Å². The first-order valence-electron chi connectivity index (χ1n) is 7.31. The molecule has 0 radical (unpaired) electrons. The molecule has 1 fully saturated rings. The molecule has 0 aliphatic carbocycles. The number of rotatable bonds is 9. The molecule has 3 nitrogen and oxygen atoms in total. The zero-order valence-corrected chi connectivity index (χ0v) is 11.7.